The van der Waals surface area contributed by atoms with Crippen molar-refractivity contribution in [1.82, 2.24) is 4.90 Å². The van der Waals surface area contributed by atoms with Gasteiger partial charge in [0.1, 0.15) is 12.3 Å². The normalized spacial score (nSPS) is 9.35. The molecule has 0 atom stereocenters. The van der Waals surface area contributed by atoms with Crippen molar-refractivity contribution in [2.24, 2.45) is 0 Å². The quantitative estimate of drug-likeness (QED) is 0.744. The lowest BCUT2D eigenvalue weighted by Crippen LogP contribution is -2.36. The zero-order valence-electron chi connectivity index (χ0n) is 8.96. The molecule has 0 aliphatic carbocycles. The third-order valence-electron chi connectivity index (χ3n) is 2.03. The van der Waals surface area contributed by atoms with Crippen molar-refractivity contribution in [2.75, 3.05) is 13.1 Å². The van der Waals surface area contributed by atoms with Crippen LogP contribution in [0.25, 0.3) is 0 Å². The van der Waals surface area contributed by atoms with Crippen molar-refractivity contribution in [1.29, 1.82) is 0 Å². The first kappa shape index (κ1) is 12.6. The highest BCUT2D eigenvalue weighted by Gasteiger charge is 2.19. The molecule has 5 nitrogen and oxygen atoms in total. The van der Waals surface area contributed by atoms with Gasteiger partial charge in [-0.3, -0.25) is 9.59 Å². The Kier molecular flexibility index (Phi) is 4.12. The SMILES string of the molecule is C#CCN(CC(=O)O)C(=O)c1ccccc1O. The number of benzene rings is 1. The van der Waals surface area contributed by atoms with Gasteiger partial charge in [-0.1, -0.05) is 18.1 Å². The van der Waals surface area contributed by atoms with E-state index in [1.807, 2.05) is 0 Å². The lowest BCUT2D eigenvalue weighted by molar-refractivity contribution is -0.137. The standard InChI is InChI=1S/C12H11NO4/c1-2-7-13(8-11(15)16)12(17)9-5-3-4-6-10(9)14/h1,3-6,14H,7-8H2,(H,15,16). The predicted molar refractivity (Wildman–Crippen MR) is 60.5 cm³/mol. The Morgan fingerprint density at radius 2 is 2.00 bits per heavy atom. The van der Waals surface area contributed by atoms with Gasteiger partial charge in [0, 0.05) is 0 Å². The maximum atomic E-state index is 11.9. The zero-order chi connectivity index (χ0) is 12.8. The number of amides is 1. The molecule has 0 saturated carbocycles. The minimum Gasteiger partial charge on any atom is -0.507 e. The smallest absolute Gasteiger partial charge is 0.323 e. The Bertz CT molecular complexity index is 476. The number of hydrogen-bond donors (Lipinski definition) is 2. The van der Waals surface area contributed by atoms with Crippen LogP contribution in [-0.2, 0) is 4.79 Å². The minimum atomic E-state index is -1.16. The largest absolute Gasteiger partial charge is 0.507 e. The number of hydrogen-bond acceptors (Lipinski definition) is 3. The summed E-state index contributed by atoms with van der Waals surface area (Å²) in [7, 11) is 0. The predicted octanol–water partition coefficient (Wildman–Crippen LogP) is 0.552. The summed E-state index contributed by atoms with van der Waals surface area (Å²) in [6.07, 6.45) is 5.06. The number of phenols is 1. The highest BCUT2D eigenvalue weighted by molar-refractivity contribution is 5.98. The van der Waals surface area contributed by atoms with Gasteiger partial charge in [0.2, 0.25) is 0 Å². The van der Waals surface area contributed by atoms with Gasteiger partial charge in [0.15, 0.2) is 0 Å². The second-order valence-corrected chi connectivity index (χ2v) is 3.28. The lowest BCUT2D eigenvalue weighted by atomic mass is 10.1. The number of phenolic OH excluding ortho intramolecular Hbond substituents is 1. The third kappa shape index (κ3) is 3.24. The first-order valence-electron chi connectivity index (χ1n) is 4.78. The number of aromatic hydroxyl groups is 1. The fraction of sp³-hybridized carbons (Fsp3) is 0.167. The third-order valence-corrected chi connectivity index (χ3v) is 2.03. The molecule has 0 aromatic heterocycles. The number of carboxylic acid groups (broad SMARTS) is 1. The van der Waals surface area contributed by atoms with E-state index in [1.54, 1.807) is 12.1 Å². The number of terminal acetylenes is 1. The number of carbonyl (C=O) groups excluding carboxylic acids is 1. The molecule has 88 valence electrons. The number of carboxylic acids is 1. The number of nitrogens with zero attached hydrogens (tertiary/aromatic N) is 1. The van der Waals surface area contributed by atoms with Crippen LogP contribution in [0.4, 0.5) is 0 Å². The molecule has 0 bridgehead atoms. The summed E-state index contributed by atoms with van der Waals surface area (Å²) in [4.78, 5) is 23.4. The average molecular weight is 233 g/mol. The molecule has 0 aliphatic heterocycles. The molecule has 5 heteroatoms. The Hall–Kier alpha value is -2.48. The topological polar surface area (TPSA) is 77.8 Å². The molecular weight excluding hydrogens is 222 g/mol. The van der Waals surface area contributed by atoms with Crippen LogP contribution in [0.2, 0.25) is 0 Å². The van der Waals surface area contributed by atoms with Crippen molar-refractivity contribution < 1.29 is 19.8 Å². The fourth-order valence-electron chi connectivity index (χ4n) is 1.30. The Morgan fingerprint density at radius 3 is 2.53 bits per heavy atom. The van der Waals surface area contributed by atoms with Crippen molar-refractivity contribution in [3.63, 3.8) is 0 Å². The van der Waals surface area contributed by atoms with E-state index in [0.29, 0.717) is 0 Å². The van der Waals surface area contributed by atoms with E-state index >= 15 is 0 Å². The maximum absolute atomic E-state index is 11.9. The van der Waals surface area contributed by atoms with Gasteiger partial charge in [0.25, 0.3) is 5.91 Å². The molecule has 1 amide bonds. The summed E-state index contributed by atoms with van der Waals surface area (Å²) >= 11 is 0. The Morgan fingerprint density at radius 1 is 1.35 bits per heavy atom. The molecule has 0 fully saturated rings. The van der Waals surface area contributed by atoms with Crippen LogP contribution in [-0.4, -0.2) is 40.1 Å². The maximum Gasteiger partial charge on any atom is 0.323 e. The molecule has 17 heavy (non-hydrogen) atoms. The van der Waals surface area contributed by atoms with Crippen LogP contribution < -0.4 is 0 Å². The molecule has 0 saturated heterocycles. The van der Waals surface area contributed by atoms with E-state index in [0.717, 1.165) is 4.90 Å². The molecular formula is C12H11NO4. The van der Waals surface area contributed by atoms with Gasteiger partial charge in [-0.05, 0) is 12.1 Å². The van der Waals surface area contributed by atoms with Crippen LogP contribution in [0, 0.1) is 12.3 Å². The Labute approximate surface area is 98.3 Å². The summed E-state index contributed by atoms with van der Waals surface area (Å²) in [6, 6.07) is 5.89. The van der Waals surface area contributed by atoms with E-state index < -0.39 is 18.4 Å². The first-order valence-corrected chi connectivity index (χ1v) is 4.78. The Balaban J connectivity index is 2.96. The first-order chi connectivity index (χ1) is 8.06. The summed E-state index contributed by atoms with van der Waals surface area (Å²) in [5.41, 5.74) is 0.0315. The second kappa shape index (κ2) is 5.56. The summed E-state index contributed by atoms with van der Waals surface area (Å²) in [5.74, 6) is 0.229. The molecule has 1 rings (SSSR count). The van der Waals surface area contributed by atoms with Crippen LogP contribution in [0.5, 0.6) is 5.75 Å². The van der Waals surface area contributed by atoms with Crippen molar-refractivity contribution in [3.8, 4) is 18.1 Å². The molecule has 0 spiro atoms. The van der Waals surface area contributed by atoms with E-state index in [1.165, 1.54) is 12.1 Å². The van der Waals surface area contributed by atoms with Crippen molar-refractivity contribution in [3.05, 3.63) is 29.8 Å². The van der Waals surface area contributed by atoms with E-state index in [2.05, 4.69) is 5.92 Å². The molecule has 0 unspecified atom stereocenters. The summed E-state index contributed by atoms with van der Waals surface area (Å²) < 4.78 is 0. The molecule has 0 aliphatic rings. The number of rotatable bonds is 4. The average Bonchev–Trinajstić information content (AvgIpc) is 2.28. The van der Waals surface area contributed by atoms with Gasteiger partial charge in [-0.15, -0.1) is 6.42 Å². The van der Waals surface area contributed by atoms with Gasteiger partial charge in [-0.2, -0.15) is 0 Å². The van der Waals surface area contributed by atoms with Crippen molar-refractivity contribution in [2.45, 2.75) is 0 Å². The van der Waals surface area contributed by atoms with Gasteiger partial charge >= 0.3 is 5.97 Å². The van der Waals surface area contributed by atoms with Crippen LogP contribution in [0.3, 0.4) is 0 Å². The van der Waals surface area contributed by atoms with E-state index in [9.17, 15) is 14.7 Å². The van der Waals surface area contributed by atoms with Crippen LogP contribution >= 0.6 is 0 Å². The number of aliphatic carboxylic acids is 1. The number of para-hydroxylation sites is 1. The van der Waals surface area contributed by atoms with E-state index in [4.69, 9.17) is 11.5 Å². The monoisotopic (exact) mass is 233 g/mol. The van der Waals surface area contributed by atoms with Gasteiger partial charge < -0.3 is 15.1 Å². The van der Waals surface area contributed by atoms with Crippen molar-refractivity contribution >= 4 is 11.9 Å². The summed E-state index contributed by atoms with van der Waals surface area (Å²) in [6.45, 7) is -0.628. The summed E-state index contributed by atoms with van der Waals surface area (Å²) in [5, 5.41) is 18.1. The number of carbonyl (C=O) groups is 2. The molecule has 0 heterocycles. The van der Waals surface area contributed by atoms with Crippen LogP contribution in [0.15, 0.2) is 24.3 Å². The highest BCUT2D eigenvalue weighted by Crippen LogP contribution is 2.17. The van der Waals surface area contributed by atoms with Crippen LogP contribution in [0.1, 0.15) is 10.4 Å². The second-order valence-electron chi connectivity index (χ2n) is 3.28. The molecule has 0 radical (unpaired) electrons. The molecule has 1 aromatic rings. The van der Waals surface area contributed by atoms with Gasteiger partial charge in [-0.25, -0.2) is 0 Å². The molecule has 1 aromatic carbocycles. The lowest BCUT2D eigenvalue weighted by Gasteiger charge is -2.18. The molecule has 2 N–H and O–H groups in total. The zero-order valence-corrected chi connectivity index (χ0v) is 8.96. The van der Waals surface area contributed by atoms with E-state index in [-0.39, 0.29) is 17.9 Å². The van der Waals surface area contributed by atoms with Gasteiger partial charge in [0.05, 0.1) is 12.1 Å². The highest BCUT2D eigenvalue weighted by atomic mass is 16.4. The fourth-order valence-corrected chi connectivity index (χ4v) is 1.30. The minimum absolute atomic E-state index is 0.0315.